The third-order valence-corrected chi connectivity index (χ3v) is 4.83. The molecule has 2 heteroatoms. The fourth-order valence-electron chi connectivity index (χ4n) is 2.59. The summed E-state index contributed by atoms with van der Waals surface area (Å²) in [7, 11) is 0. The highest BCUT2D eigenvalue weighted by Gasteiger charge is 2.09. The molecule has 1 unspecified atom stereocenters. The van der Waals surface area contributed by atoms with E-state index in [1.807, 2.05) is 0 Å². The summed E-state index contributed by atoms with van der Waals surface area (Å²) in [5.74, 6) is 1.25. The molecule has 0 fully saturated rings. The quantitative estimate of drug-likeness (QED) is 0.287. The standard InChI is InChI=1S/C18H28BrCl/c1-2-3-4-5-6-7-8-9-10-17(15-20)16-11-13-18(19)14-12-16/h11-14,17H,2-10,15H2,1H3. The van der Waals surface area contributed by atoms with Gasteiger partial charge >= 0.3 is 0 Å². The van der Waals surface area contributed by atoms with E-state index in [1.54, 1.807) is 0 Å². The number of hydrogen-bond acceptors (Lipinski definition) is 0. The van der Waals surface area contributed by atoms with Gasteiger partial charge in [0.05, 0.1) is 0 Å². The molecule has 1 aromatic rings. The van der Waals surface area contributed by atoms with E-state index in [4.69, 9.17) is 11.6 Å². The fraction of sp³-hybridized carbons (Fsp3) is 0.667. The normalized spacial score (nSPS) is 12.6. The van der Waals surface area contributed by atoms with Gasteiger partial charge in [0, 0.05) is 10.4 Å². The molecule has 0 amide bonds. The Morgan fingerprint density at radius 1 is 0.900 bits per heavy atom. The highest BCUT2D eigenvalue weighted by atomic mass is 79.9. The van der Waals surface area contributed by atoms with Crippen molar-refractivity contribution in [2.75, 3.05) is 5.88 Å². The van der Waals surface area contributed by atoms with E-state index in [2.05, 4.69) is 47.1 Å². The largest absolute Gasteiger partial charge is 0.126 e. The molecule has 0 radical (unpaired) electrons. The van der Waals surface area contributed by atoms with Gasteiger partial charge < -0.3 is 0 Å². The van der Waals surface area contributed by atoms with Crippen LogP contribution in [0.1, 0.15) is 76.2 Å². The van der Waals surface area contributed by atoms with Gasteiger partial charge in [-0.2, -0.15) is 0 Å². The smallest absolute Gasteiger partial charge is 0.0292 e. The molecule has 1 rings (SSSR count). The number of hydrogen-bond donors (Lipinski definition) is 0. The van der Waals surface area contributed by atoms with Crippen molar-refractivity contribution in [2.45, 2.75) is 70.6 Å². The summed E-state index contributed by atoms with van der Waals surface area (Å²) in [6.07, 6.45) is 12.3. The summed E-state index contributed by atoms with van der Waals surface area (Å²) in [5.41, 5.74) is 1.38. The summed E-state index contributed by atoms with van der Waals surface area (Å²) < 4.78 is 1.14. The van der Waals surface area contributed by atoms with Crippen LogP contribution in [-0.2, 0) is 0 Å². The van der Waals surface area contributed by atoms with Gasteiger partial charge in [-0.05, 0) is 30.0 Å². The van der Waals surface area contributed by atoms with E-state index in [-0.39, 0.29) is 0 Å². The summed E-state index contributed by atoms with van der Waals surface area (Å²) in [6, 6.07) is 8.62. The highest BCUT2D eigenvalue weighted by molar-refractivity contribution is 9.10. The van der Waals surface area contributed by atoms with E-state index >= 15 is 0 Å². The molecule has 0 nitrogen and oxygen atoms in total. The van der Waals surface area contributed by atoms with Crippen molar-refractivity contribution < 1.29 is 0 Å². The Kier molecular flexibility index (Phi) is 10.5. The Hall–Kier alpha value is -0.0100. The van der Waals surface area contributed by atoms with Crippen LogP contribution in [0.15, 0.2) is 28.7 Å². The summed E-state index contributed by atoms with van der Waals surface area (Å²) >= 11 is 9.61. The molecule has 20 heavy (non-hydrogen) atoms. The van der Waals surface area contributed by atoms with Crippen molar-refractivity contribution in [2.24, 2.45) is 0 Å². The Bertz CT molecular complexity index is 334. The van der Waals surface area contributed by atoms with Gasteiger partial charge in [0.25, 0.3) is 0 Å². The molecule has 0 aliphatic rings. The number of alkyl halides is 1. The first kappa shape index (κ1) is 18.0. The van der Waals surface area contributed by atoms with Crippen LogP contribution in [0.5, 0.6) is 0 Å². The molecule has 1 atom stereocenters. The van der Waals surface area contributed by atoms with E-state index in [0.717, 1.165) is 10.4 Å². The van der Waals surface area contributed by atoms with Crippen molar-refractivity contribution in [3.63, 3.8) is 0 Å². The maximum Gasteiger partial charge on any atom is 0.0292 e. The zero-order chi connectivity index (χ0) is 14.6. The predicted octanol–water partition coefficient (Wildman–Crippen LogP) is 7.30. The molecule has 0 saturated heterocycles. The summed E-state index contributed by atoms with van der Waals surface area (Å²) in [4.78, 5) is 0. The second-order valence-electron chi connectivity index (χ2n) is 5.67. The van der Waals surface area contributed by atoms with Crippen LogP contribution in [0.3, 0.4) is 0 Å². The second kappa shape index (κ2) is 11.6. The fourth-order valence-corrected chi connectivity index (χ4v) is 3.19. The van der Waals surface area contributed by atoms with Crippen LogP contribution in [0, 0.1) is 0 Å². The molecule has 0 aromatic heterocycles. The van der Waals surface area contributed by atoms with Crippen LogP contribution in [0.25, 0.3) is 0 Å². The van der Waals surface area contributed by atoms with Crippen molar-refractivity contribution in [3.8, 4) is 0 Å². The minimum atomic E-state index is 0.518. The minimum Gasteiger partial charge on any atom is -0.126 e. The van der Waals surface area contributed by atoms with Crippen molar-refractivity contribution in [1.29, 1.82) is 0 Å². The zero-order valence-corrected chi connectivity index (χ0v) is 15.1. The van der Waals surface area contributed by atoms with Crippen LogP contribution >= 0.6 is 27.5 Å². The first-order chi connectivity index (χ1) is 9.77. The van der Waals surface area contributed by atoms with E-state index in [0.29, 0.717) is 5.92 Å². The molecule has 0 saturated carbocycles. The predicted molar refractivity (Wildman–Crippen MR) is 94.8 cm³/mol. The molecular weight excluding hydrogens is 332 g/mol. The van der Waals surface area contributed by atoms with Crippen molar-refractivity contribution >= 4 is 27.5 Å². The molecular formula is C18H28BrCl. The van der Waals surface area contributed by atoms with E-state index in [9.17, 15) is 0 Å². The lowest BCUT2D eigenvalue weighted by atomic mass is 9.94. The Morgan fingerprint density at radius 3 is 2.00 bits per heavy atom. The number of rotatable bonds is 11. The summed E-state index contributed by atoms with van der Waals surface area (Å²) in [6.45, 7) is 2.27. The maximum absolute atomic E-state index is 6.13. The number of benzene rings is 1. The molecule has 0 spiro atoms. The zero-order valence-electron chi connectivity index (χ0n) is 12.7. The van der Waals surface area contributed by atoms with Gasteiger partial charge in [-0.1, -0.05) is 86.4 Å². The van der Waals surface area contributed by atoms with E-state index < -0.39 is 0 Å². The average Bonchev–Trinajstić information content (AvgIpc) is 2.47. The number of halogens is 2. The van der Waals surface area contributed by atoms with Crippen LogP contribution in [-0.4, -0.2) is 5.88 Å². The highest BCUT2D eigenvalue weighted by Crippen LogP contribution is 2.25. The van der Waals surface area contributed by atoms with Crippen LogP contribution in [0.2, 0.25) is 0 Å². The molecule has 0 N–H and O–H groups in total. The SMILES string of the molecule is CCCCCCCCCCC(CCl)c1ccc(Br)cc1. The Morgan fingerprint density at radius 2 is 1.45 bits per heavy atom. The van der Waals surface area contributed by atoms with Crippen molar-refractivity contribution in [3.05, 3.63) is 34.3 Å². The monoisotopic (exact) mass is 358 g/mol. The second-order valence-corrected chi connectivity index (χ2v) is 6.89. The van der Waals surface area contributed by atoms with Crippen LogP contribution in [0.4, 0.5) is 0 Å². The van der Waals surface area contributed by atoms with Gasteiger partial charge in [-0.15, -0.1) is 11.6 Å². The molecule has 0 bridgehead atoms. The average molecular weight is 360 g/mol. The van der Waals surface area contributed by atoms with Gasteiger partial charge in [0.1, 0.15) is 0 Å². The first-order valence-electron chi connectivity index (χ1n) is 8.09. The lowest BCUT2D eigenvalue weighted by Gasteiger charge is -2.14. The van der Waals surface area contributed by atoms with Gasteiger partial charge in [-0.25, -0.2) is 0 Å². The third kappa shape index (κ3) is 7.69. The van der Waals surface area contributed by atoms with Crippen molar-refractivity contribution in [1.82, 2.24) is 0 Å². The lowest BCUT2D eigenvalue weighted by molar-refractivity contribution is 0.545. The summed E-state index contributed by atoms with van der Waals surface area (Å²) in [5, 5.41) is 0. The maximum atomic E-state index is 6.13. The lowest BCUT2D eigenvalue weighted by Crippen LogP contribution is -2.00. The topological polar surface area (TPSA) is 0 Å². The molecule has 114 valence electrons. The van der Waals surface area contributed by atoms with Gasteiger partial charge in [0.15, 0.2) is 0 Å². The third-order valence-electron chi connectivity index (χ3n) is 3.93. The number of unbranched alkanes of at least 4 members (excludes halogenated alkanes) is 7. The molecule has 1 aromatic carbocycles. The van der Waals surface area contributed by atoms with E-state index in [1.165, 1.54) is 63.4 Å². The minimum absolute atomic E-state index is 0.518. The van der Waals surface area contributed by atoms with Crippen LogP contribution < -0.4 is 0 Å². The Labute approximate surface area is 138 Å². The molecule has 0 aliphatic heterocycles. The van der Waals surface area contributed by atoms with Gasteiger partial charge in [0.2, 0.25) is 0 Å². The molecule has 0 aliphatic carbocycles. The Balaban J connectivity index is 2.14. The first-order valence-corrected chi connectivity index (χ1v) is 9.42. The molecule has 0 heterocycles. The van der Waals surface area contributed by atoms with Gasteiger partial charge in [-0.3, -0.25) is 0 Å².